The van der Waals surface area contributed by atoms with Crippen molar-refractivity contribution in [1.29, 1.82) is 0 Å². The first-order chi connectivity index (χ1) is 17.8. The van der Waals surface area contributed by atoms with Crippen molar-refractivity contribution < 1.29 is 32.4 Å². The number of fused-ring (bicyclic) bond motifs is 1. The summed E-state index contributed by atoms with van der Waals surface area (Å²) in [5.74, 6) is -0.0527. The molecule has 12 heteroatoms. The van der Waals surface area contributed by atoms with E-state index in [1.807, 2.05) is 6.07 Å². The number of rotatable bonds is 8. The SMILES string of the molecule is CNC(=O)c1c(-c2ccc(F)cc2)oc2cc(CN(c3ccc(B(O)O)cn3)S(=O)O)c(C3CC3)cc12. The van der Waals surface area contributed by atoms with Gasteiger partial charge in [0.1, 0.15) is 23.0 Å². The zero-order valence-electron chi connectivity index (χ0n) is 19.7. The average Bonchev–Trinajstić information content (AvgIpc) is 3.67. The van der Waals surface area contributed by atoms with Crippen LogP contribution in [0.15, 0.2) is 59.1 Å². The number of pyridine rings is 1. The fourth-order valence-corrected chi connectivity index (χ4v) is 4.85. The molecule has 9 nitrogen and oxygen atoms in total. The lowest BCUT2D eigenvalue weighted by molar-refractivity contribution is 0.0964. The normalized spacial score (nSPS) is 14.0. The second-order valence-electron chi connectivity index (χ2n) is 8.80. The topological polar surface area (TPSA) is 136 Å². The molecule has 2 heterocycles. The largest absolute Gasteiger partial charge is 0.490 e. The van der Waals surface area contributed by atoms with E-state index >= 15 is 0 Å². The number of furan rings is 1. The number of anilines is 1. The summed E-state index contributed by atoms with van der Waals surface area (Å²) in [5.41, 5.74) is 3.10. The highest BCUT2D eigenvalue weighted by Gasteiger charge is 2.31. The smallest absolute Gasteiger partial charge is 0.455 e. The van der Waals surface area contributed by atoms with Crippen molar-refractivity contribution in [3.63, 3.8) is 0 Å². The van der Waals surface area contributed by atoms with E-state index in [0.29, 0.717) is 27.9 Å². The van der Waals surface area contributed by atoms with Crippen molar-refractivity contribution in [3.8, 4) is 11.3 Å². The number of nitrogens with zero attached hydrogens (tertiary/aromatic N) is 2. The van der Waals surface area contributed by atoms with E-state index in [-0.39, 0.29) is 29.7 Å². The van der Waals surface area contributed by atoms with Gasteiger partial charge in [-0.05, 0) is 72.4 Å². The maximum absolute atomic E-state index is 13.5. The minimum atomic E-state index is -2.43. The van der Waals surface area contributed by atoms with E-state index in [9.17, 15) is 28.0 Å². The molecule has 190 valence electrons. The minimum Gasteiger partial charge on any atom is -0.455 e. The molecule has 0 bridgehead atoms. The number of carbonyl (C=O) groups is 1. The Morgan fingerprint density at radius 1 is 1.22 bits per heavy atom. The Morgan fingerprint density at radius 2 is 1.95 bits per heavy atom. The number of nitrogens with one attached hydrogen (secondary N) is 1. The predicted molar refractivity (Wildman–Crippen MR) is 138 cm³/mol. The molecule has 0 aliphatic heterocycles. The van der Waals surface area contributed by atoms with Crippen molar-refractivity contribution in [2.45, 2.75) is 25.3 Å². The van der Waals surface area contributed by atoms with Crippen molar-refractivity contribution >= 4 is 46.5 Å². The number of carbonyl (C=O) groups excluding carboxylic acids is 1. The first-order valence-corrected chi connectivity index (χ1v) is 12.6. The van der Waals surface area contributed by atoms with E-state index in [1.54, 1.807) is 6.07 Å². The quantitative estimate of drug-likeness (QED) is 0.206. The van der Waals surface area contributed by atoms with E-state index < -0.39 is 24.2 Å². The lowest BCUT2D eigenvalue weighted by Gasteiger charge is -2.21. The van der Waals surface area contributed by atoms with Gasteiger partial charge in [-0.2, -0.15) is 0 Å². The van der Waals surface area contributed by atoms with E-state index in [2.05, 4.69) is 10.3 Å². The molecular weight excluding hydrogens is 500 g/mol. The third-order valence-corrected chi connectivity index (χ3v) is 7.05. The average molecular weight is 523 g/mol. The van der Waals surface area contributed by atoms with Crippen molar-refractivity contribution in [2.24, 2.45) is 0 Å². The van der Waals surface area contributed by atoms with Crippen molar-refractivity contribution in [2.75, 3.05) is 11.4 Å². The summed E-state index contributed by atoms with van der Waals surface area (Å²) in [7, 11) is -0.184. The summed E-state index contributed by atoms with van der Waals surface area (Å²) in [6, 6.07) is 12.2. The monoisotopic (exact) mass is 523 g/mol. The van der Waals surface area contributed by atoms with Crippen LogP contribution in [0.3, 0.4) is 0 Å². The maximum Gasteiger partial charge on any atom is 0.490 e. The van der Waals surface area contributed by atoms with Crippen LogP contribution in [0, 0.1) is 5.82 Å². The molecule has 4 N–H and O–H groups in total. The predicted octanol–water partition coefficient (Wildman–Crippen LogP) is 2.69. The molecular formula is C25H23BFN3O6S. The number of amides is 1. The summed E-state index contributed by atoms with van der Waals surface area (Å²) in [6.07, 6.45) is 3.11. The van der Waals surface area contributed by atoms with Gasteiger partial charge in [-0.15, -0.1) is 0 Å². The molecule has 1 atom stereocenters. The highest BCUT2D eigenvalue weighted by molar-refractivity contribution is 7.80. The standard InChI is InChI=1S/C25H23BFN3O6S/c1-28-25(31)23-20-11-19(14-2-3-14)16(10-21(20)36-24(23)15-4-7-18(27)8-5-15)13-30(37(34)35)22-9-6-17(12-29-22)26(32)33/h4-12,14,32-33H,2-3,13H2,1H3,(H,28,31)(H,34,35). The number of aromatic nitrogens is 1. The summed E-state index contributed by atoms with van der Waals surface area (Å²) in [6.45, 7) is 0.0147. The van der Waals surface area contributed by atoms with Crippen LogP contribution in [0.1, 0.15) is 40.2 Å². The zero-order valence-corrected chi connectivity index (χ0v) is 20.5. The van der Waals surface area contributed by atoms with Gasteiger partial charge in [-0.1, -0.05) is 6.07 Å². The number of halogens is 1. The molecule has 2 aromatic heterocycles. The van der Waals surface area contributed by atoms with Crippen LogP contribution in [-0.2, 0) is 17.8 Å². The van der Waals surface area contributed by atoms with Crippen molar-refractivity contribution in [3.05, 3.63) is 77.2 Å². The minimum absolute atomic E-state index is 0.0147. The third-order valence-electron chi connectivity index (χ3n) is 6.35. The maximum atomic E-state index is 13.5. The second kappa shape index (κ2) is 10.1. The molecule has 5 rings (SSSR count). The Bertz CT molecular complexity index is 1490. The molecule has 0 spiro atoms. The Labute approximate surface area is 214 Å². The Hall–Kier alpha value is -3.58. The van der Waals surface area contributed by atoms with E-state index in [4.69, 9.17) is 4.42 Å². The molecule has 4 aromatic rings. The molecule has 1 fully saturated rings. The Balaban J connectivity index is 1.62. The summed E-state index contributed by atoms with van der Waals surface area (Å²) in [4.78, 5) is 17.0. The zero-order chi connectivity index (χ0) is 26.3. The third kappa shape index (κ3) is 5.01. The molecule has 0 saturated heterocycles. The number of hydrogen-bond acceptors (Lipinski definition) is 6. The van der Waals surface area contributed by atoms with Gasteiger partial charge >= 0.3 is 7.12 Å². The lowest BCUT2D eigenvalue weighted by Crippen LogP contribution is -2.31. The fourth-order valence-electron chi connectivity index (χ4n) is 4.34. The summed E-state index contributed by atoms with van der Waals surface area (Å²) < 4.78 is 43.1. The van der Waals surface area contributed by atoms with Crippen LogP contribution in [0.2, 0.25) is 0 Å². The van der Waals surface area contributed by atoms with Gasteiger partial charge in [-0.25, -0.2) is 17.9 Å². The Kier molecular flexibility index (Phi) is 6.82. The van der Waals surface area contributed by atoms with Gasteiger partial charge in [0.2, 0.25) is 0 Å². The molecule has 1 aliphatic rings. The lowest BCUT2D eigenvalue weighted by atomic mass is 9.82. The number of hydrogen-bond donors (Lipinski definition) is 4. The van der Waals surface area contributed by atoms with Gasteiger partial charge in [0.15, 0.2) is 0 Å². The summed E-state index contributed by atoms with van der Waals surface area (Å²) in [5, 5.41) is 21.9. The van der Waals surface area contributed by atoms with Gasteiger partial charge in [0.05, 0.1) is 12.1 Å². The number of benzene rings is 2. The van der Waals surface area contributed by atoms with Gasteiger partial charge in [-0.3, -0.25) is 9.35 Å². The van der Waals surface area contributed by atoms with Crippen molar-refractivity contribution in [1.82, 2.24) is 10.3 Å². The van der Waals surface area contributed by atoms with Crippen LogP contribution < -0.4 is 15.1 Å². The molecule has 2 aromatic carbocycles. The van der Waals surface area contributed by atoms with E-state index in [0.717, 1.165) is 24.0 Å². The van der Waals surface area contributed by atoms with Gasteiger partial charge in [0, 0.05) is 29.7 Å². The molecule has 1 amide bonds. The van der Waals surface area contributed by atoms with E-state index in [1.165, 1.54) is 53.9 Å². The molecule has 37 heavy (non-hydrogen) atoms. The van der Waals surface area contributed by atoms with Gasteiger partial charge < -0.3 is 19.8 Å². The van der Waals surface area contributed by atoms with Crippen LogP contribution >= 0.6 is 0 Å². The van der Waals surface area contributed by atoms with Crippen LogP contribution in [-0.4, -0.2) is 43.9 Å². The van der Waals surface area contributed by atoms with Crippen LogP contribution in [0.25, 0.3) is 22.3 Å². The fraction of sp³-hybridized carbons (Fsp3) is 0.200. The molecule has 1 unspecified atom stereocenters. The first kappa shape index (κ1) is 25.1. The molecule has 0 radical (unpaired) electrons. The summed E-state index contributed by atoms with van der Waals surface area (Å²) >= 11 is -2.43. The highest BCUT2D eigenvalue weighted by atomic mass is 32.2. The highest BCUT2D eigenvalue weighted by Crippen LogP contribution is 2.45. The molecule has 1 saturated carbocycles. The van der Waals surface area contributed by atoms with Crippen LogP contribution in [0.5, 0.6) is 0 Å². The van der Waals surface area contributed by atoms with Crippen LogP contribution in [0.4, 0.5) is 10.2 Å². The molecule has 1 aliphatic carbocycles. The second-order valence-corrected chi connectivity index (χ2v) is 9.71. The Morgan fingerprint density at radius 3 is 2.51 bits per heavy atom. The van der Waals surface area contributed by atoms with Gasteiger partial charge in [0.25, 0.3) is 17.2 Å². The first-order valence-electron chi connectivity index (χ1n) is 11.5.